The van der Waals surface area contributed by atoms with E-state index in [1.165, 1.54) is 25.0 Å². The van der Waals surface area contributed by atoms with Gasteiger partial charge in [0.05, 0.1) is 17.1 Å². The van der Waals surface area contributed by atoms with Crippen LogP contribution in [0.15, 0.2) is 12.1 Å². The van der Waals surface area contributed by atoms with E-state index >= 15 is 0 Å². The predicted molar refractivity (Wildman–Crippen MR) is 83.8 cm³/mol. The van der Waals surface area contributed by atoms with E-state index in [9.17, 15) is 10.1 Å². The quantitative estimate of drug-likeness (QED) is 0.537. The van der Waals surface area contributed by atoms with Gasteiger partial charge >= 0.3 is 0 Å². The molecule has 0 aliphatic heterocycles. The molecular formula is C14H23N5O2. The minimum absolute atomic E-state index is 0.0571. The molecule has 1 aromatic rings. The van der Waals surface area contributed by atoms with E-state index in [0.29, 0.717) is 17.7 Å². The molecule has 0 aromatic carbocycles. The summed E-state index contributed by atoms with van der Waals surface area (Å²) in [6.45, 7) is 4.43. The number of nitrogens with one attached hydrogen (secondary N) is 2. The lowest BCUT2D eigenvalue weighted by Gasteiger charge is -2.16. The molecule has 0 saturated heterocycles. The topological polar surface area (TPSA) is 83.3 Å². The molecule has 1 aliphatic carbocycles. The fourth-order valence-corrected chi connectivity index (χ4v) is 2.11. The van der Waals surface area contributed by atoms with Gasteiger partial charge in [0.25, 0.3) is 5.69 Å². The molecule has 1 fully saturated rings. The summed E-state index contributed by atoms with van der Waals surface area (Å²) < 4.78 is 0. The normalized spacial score (nSPS) is 14.2. The molecule has 0 radical (unpaired) electrons. The van der Waals surface area contributed by atoms with Gasteiger partial charge in [-0.05, 0) is 26.3 Å². The zero-order chi connectivity index (χ0) is 15.2. The molecule has 116 valence electrons. The van der Waals surface area contributed by atoms with Crippen LogP contribution in [-0.2, 0) is 0 Å². The minimum atomic E-state index is -0.389. The Labute approximate surface area is 124 Å². The largest absolute Gasteiger partial charge is 0.370 e. The highest BCUT2D eigenvalue weighted by Gasteiger charge is 2.25. The van der Waals surface area contributed by atoms with Crippen LogP contribution in [-0.4, -0.2) is 47.5 Å². The zero-order valence-corrected chi connectivity index (χ0v) is 12.6. The summed E-state index contributed by atoms with van der Waals surface area (Å²) in [6.07, 6.45) is 3.49. The molecule has 0 atom stereocenters. The van der Waals surface area contributed by atoms with Gasteiger partial charge in [0.15, 0.2) is 0 Å². The Morgan fingerprint density at radius 2 is 1.95 bits per heavy atom. The fourth-order valence-electron chi connectivity index (χ4n) is 2.11. The van der Waals surface area contributed by atoms with Gasteiger partial charge in [-0.25, -0.2) is 4.98 Å². The van der Waals surface area contributed by atoms with Crippen LogP contribution >= 0.6 is 0 Å². The van der Waals surface area contributed by atoms with Gasteiger partial charge in [0.2, 0.25) is 0 Å². The van der Waals surface area contributed by atoms with Crippen molar-refractivity contribution in [3.8, 4) is 0 Å². The van der Waals surface area contributed by atoms with Crippen LogP contribution in [0.3, 0.4) is 0 Å². The second-order valence-electron chi connectivity index (χ2n) is 5.42. The monoisotopic (exact) mass is 293 g/mol. The van der Waals surface area contributed by atoms with E-state index in [0.717, 1.165) is 26.1 Å². The van der Waals surface area contributed by atoms with Gasteiger partial charge in [0, 0.05) is 25.7 Å². The fraction of sp³-hybridized carbons (Fsp3) is 0.643. The van der Waals surface area contributed by atoms with Crippen molar-refractivity contribution in [1.82, 2.24) is 9.88 Å². The summed E-state index contributed by atoms with van der Waals surface area (Å²) in [4.78, 5) is 17.3. The molecule has 0 amide bonds. The molecule has 21 heavy (non-hydrogen) atoms. The Kier molecular flexibility index (Phi) is 5.32. The number of hydrogen-bond acceptors (Lipinski definition) is 6. The summed E-state index contributed by atoms with van der Waals surface area (Å²) >= 11 is 0. The van der Waals surface area contributed by atoms with E-state index in [1.54, 1.807) is 0 Å². The van der Waals surface area contributed by atoms with Gasteiger partial charge in [-0.3, -0.25) is 10.1 Å². The number of aromatic nitrogens is 1. The van der Waals surface area contributed by atoms with Crippen LogP contribution in [0.5, 0.6) is 0 Å². The Morgan fingerprint density at radius 1 is 1.33 bits per heavy atom. The van der Waals surface area contributed by atoms with E-state index in [-0.39, 0.29) is 10.6 Å². The molecule has 1 aromatic heterocycles. The lowest BCUT2D eigenvalue weighted by atomic mass is 10.3. The second-order valence-corrected chi connectivity index (χ2v) is 5.42. The number of nitro groups is 1. The van der Waals surface area contributed by atoms with Gasteiger partial charge in [-0.2, -0.15) is 0 Å². The van der Waals surface area contributed by atoms with Crippen LogP contribution < -0.4 is 10.6 Å². The van der Waals surface area contributed by atoms with E-state index in [2.05, 4.69) is 27.6 Å². The molecule has 1 aliphatic rings. The lowest BCUT2D eigenvalue weighted by Crippen LogP contribution is -2.27. The number of hydrogen-bond donors (Lipinski definition) is 2. The first-order valence-electron chi connectivity index (χ1n) is 7.44. The van der Waals surface area contributed by atoms with Gasteiger partial charge in [0.1, 0.15) is 11.6 Å². The third kappa shape index (κ3) is 4.86. The minimum Gasteiger partial charge on any atom is -0.370 e. The average Bonchev–Trinajstić information content (AvgIpc) is 3.29. The van der Waals surface area contributed by atoms with Crippen molar-refractivity contribution in [3.05, 3.63) is 22.2 Å². The van der Waals surface area contributed by atoms with E-state index in [1.807, 2.05) is 6.92 Å². The standard InChI is InChI=1S/C14H23N5O2/c1-3-6-15-13-9-12(19(20)21)10-14(17-13)16-7-8-18(2)11-4-5-11/h9-11H,3-8H2,1-2H3,(H2,15,16,17). The molecule has 1 heterocycles. The molecule has 0 bridgehead atoms. The Balaban J connectivity index is 1.95. The average molecular weight is 293 g/mol. The lowest BCUT2D eigenvalue weighted by molar-refractivity contribution is -0.384. The number of pyridine rings is 1. The summed E-state index contributed by atoms with van der Waals surface area (Å²) in [6, 6.07) is 3.66. The first-order valence-corrected chi connectivity index (χ1v) is 7.44. The Morgan fingerprint density at radius 3 is 2.48 bits per heavy atom. The first-order chi connectivity index (χ1) is 10.1. The van der Waals surface area contributed by atoms with Crippen molar-refractivity contribution in [2.45, 2.75) is 32.2 Å². The number of rotatable bonds is 9. The van der Waals surface area contributed by atoms with Crippen molar-refractivity contribution in [1.29, 1.82) is 0 Å². The molecule has 1 saturated carbocycles. The van der Waals surface area contributed by atoms with Crippen LogP contribution in [0.2, 0.25) is 0 Å². The molecule has 0 unspecified atom stereocenters. The molecule has 0 spiro atoms. The van der Waals surface area contributed by atoms with Gasteiger partial charge in [-0.15, -0.1) is 0 Å². The van der Waals surface area contributed by atoms with Gasteiger partial charge < -0.3 is 15.5 Å². The highest BCUT2D eigenvalue weighted by atomic mass is 16.6. The zero-order valence-electron chi connectivity index (χ0n) is 12.6. The van der Waals surface area contributed by atoms with Crippen LogP contribution in [0, 0.1) is 10.1 Å². The smallest absolute Gasteiger partial charge is 0.276 e. The highest BCUT2D eigenvalue weighted by Crippen LogP contribution is 2.25. The van der Waals surface area contributed by atoms with Crippen molar-refractivity contribution in [3.63, 3.8) is 0 Å². The van der Waals surface area contributed by atoms with Crippen molar-refractivity contribution in [2.75, 3.05) is 37.3 Å². The van der Waals surface area contributed by atoms with Gasteiger partial charge in [-0.1, -0.05) is 6.92 Å². The molecule has 2 N–H and O–H groups in total. The third-order valence-electron chi connectivity index (χ3n) is 3.52. The van der Waals surface area contributed by atoms with Crippen molar-refractivity contribution < 1.29 is 4.92 Å². The van der Waals surface area contributed by atoms with Crippen LogP contribution in [0.4, 0.5) is 17.3 Å². The molecule has 2 rings (SSSR count). The number of likely N-dealkylation sites (N-methyl/N-ethyl adjacent to an activating group) is 1. The number of anilines is 2. The number of nitrogens with zero attached hydrogens (tertiary/aromatic N) is 3. The summed E-state index contributed by atoms with van der Waals surface area (Å²) in [7, 11) is 2.11. The highest BCUT2D eigenvalue weighted by molar-refractivity contribution is 5.54. The van der Waals surface area contributed by atoms with Crippen molar-refractivity contribution in [2.24, 2.45) is 0 Å². The van der Waals surface area contributed by atoms with E-state index in [4.69, 9.17) is 0 Å². The third-order valence-corrected chi connectivity index (χ3v) is 3.52. The van der Waals surface area contributed by atoms with Crippen LogP contribution in [0.1, 0.15) is 26.2 Å². The Hall–Kier alpha value is -1.89. The molecule has 7 heteroatoms. The second kappa shape index (κ2) is 7.21. The first kappa shape index (κ1) is 15.5. The van der Waals surface area contributed by atoms with E-state index < -0.39 is 0 Å². The maximum atomic E-state index is 11.0. The summed E-state index contributed by atoms with van der Waals surface area (Å²) in [5, 5.41) is 17.2. The summed E-state index contributed by atoms with van der Waals surface area (Å²) in [5.74, 6) is 1.09. The van der Waals surface area contributed by atoms with Crippen molar-refractivity contribution >= 4 is 17.3 Å². The maximum Gasteiger partial charge on any atom is 0.276 e. The predicted octanol–water partition coefficient (Wildman–Crippen LogP) is 2.32. The van der Waals surface area contributed by atoms with Crippen LogP contribution in [0.25, 0.3) is 0 Å². The summed E-state index contributed by atoms with van der Waals surface area (Å²) in [5.41, 5.74) is 0.0571. The molecule has 7 nitrogen and oxygen atoms in total. The molecular weight excluding hydrogens is 270 g/mol. The Bertz CT molecular complexity index is 490. The SMILES string of the molecule is CCCNc1cc([N+](=O)[O-])cc(NCCN(C)C2CC2)n1. The maximum absolute atomic E-state index is 11.0.